The molecule has 2 N–H and O–H groups in total. The summed E-state index contributed by atoms with van der Waals surface area (Å²) in [7, 11) is 0. The minimum absolute atomic E-state index is 0.219. The molecule has 2 rings (SSSR count). The highest BCUT2D eigenvalue weighted by Crippen LogP contribution is 2.28. The first-order chi connectivity index (χ1) is 7.39. The zero-order chi connectivity index (χ0) is 11.9. The second-order valence-electron chi connectivity index (χ2n) is 3.76. The number of nitrogen functional groups attached to an aromatic ring is 1. The maximum absolute atomic E-state index is 13.2. The van der Waals surface area contributed by atoms with Gasteiger partial charge < -0.3 is 10.6 Å². The Morgan fingerprint density at radius 2 is 2.00 bits per heavy atom. The molecule has 1 fully saturated rings. The van der Waals surface area contributed by atoms with Crippen molar-refractivity contribution in [2.24, 2.45) is 0 Å². The first kappa shape index (κ1) is 10.8. The van der Waals surface area contributed by atoms with Crippen LogP contribution in [0.3, 0.4) is 0 Å². The number of carbonyl (C=O) groups excluding carboxylic acids is 1. The van der Waals surface area contributed by atoms with Crippen LogP contribution in [0.15, 0.2) is 18.2 Å². The zero-order valence-corrected chi connectivity index (χ0v) is 8.21. The van der Waals surface area contributed by atoms with Gasteiger partial charge in [0.25, 0.3) is 11.8 Å². The molecule has 0 unspecified atom stereocenters. The van der Waals surface area contributed by atoms with Gasteiger partial charge in [-0.25, -0.2) is 13.2 Å². The molecule has 1 aromatic rings. The summed E-state index contributed by atoms with van der Waals surface area (Å²) in [5, 5.41) is 0. The van der Waals surface area contributed by atoms with E-state index in [1.54, 1.807) is 0 Å². The topological polar surface area (TPSA) is 46.3 Å². The lowest BCUT2D eigenvalue weighted by Gasteiger charge is -2.38. The SMILES string of the molecule is Nc1ccc(F)c(C(=O)N2CC(F)(F)C2)c1. The molecule has 0 aromatic heterocycles. The molecule has 1 saturated heterocycles. The van der Waals surface area contributed by atoms with Crippen molar-refractivity contribution in [1.29, 1.82) is 0 Å². The van der Waals surface area contributed by atoms with Gasteiger partial charge in [-0.05, 0) is 18.2 Å². The molecule has 0 radical (unpaired) electrons. The minimum Gasteiger partial charge on any atom is -0.399 e. The number of likely N-dealkylation sites (tertiary alicyclic amines) is 1. The van der Waals surface area contributed by atoms with Crippen molar-refractivity contribution < 1.29 is 18.0 Å². The number of nitrogens with zero attached hydrogens (tertiary/aromatic N) is 1. The summed E-state index contributed by atoms with van der Waals surface area (Å²) in [6, 6.07) is 3.49. The van der Waals surface area contributed by atoms with Crippen molar-refractivity contribution in [3.05, 3.63) is 29.6 Å². The molecule has 16 heavy (non-hydrogen) atoms. The molecule has 0 spiro atoms. The third-order valence-corrected chi connectivity index (χ3v) is 2.35. The molecule has 1 amide bonds. The zero-order valence-electron chi connectivity index (χ0n) is 8.21. The van der Waals surface area contributed by atoms with Crippen LogP contribution in [0.1, 0.15) is 10.4 Å². The number of amides is 1. The number of rotatable bonds is 1. The molecule has 0 bridgehead atoms. The first-order valence-corrected chi connectivity index (χ1v) is 4.61. The molecular formula is C10H9F3N2O. The van der Waals surface area contributed by atoms with E-state index in [4.69, 9.17) is 5.73 Å². The minimum atomic E-state index is -2.85. The van der Waals surface area contributed by atoms with Gasteiger partial charge in [-0.3, -0.25) is 4.79 Å². The summed E-state index contributed by atoms with van der Waals surface area (Å²) in [5.41, 5.74) is 5.34. The average Bonchev–Trinajstić information content (AvgIpc) is 2.17. The standard InChI is InChI=1S/C10H9F3N2O/c11-8-2-1-6(14)3-7(8)9(16)15-4-10(12,13)5-15/h1-3H,4-5,14H2. The molecule has 86 valence electrons. The van der Waals surface area contributed by atoms with Crippen LogP contribution in [0.5, 0.6) is 0 Å². The largest absolute Gasteiger partial charge is 0.399 e. The van der Waals surface area contributed by atoms with Gasteiger partial charge in [0, 0.05) is 5.69 Å². The van der Waals surface area contributed by atoms with Gasteiger partial charge in [-0.15, -0.1) is 0 Å². The lowest BCUT2D eigenvalue weighted by Crippen LogP contribution is -2.58. The summed E-state index contributed by atoms with van der Waals surface area (Å²) in [5.74, 6) is -4.36. The molecule has 1 aromatic carbocycles. The van der Waals surface area contributed by atoms with E-state index in [9.17, 15) is 18.0 Å². The van der Waals surface area contributed by atoms with E-state index in [0.717, 1.165) is 17.0 Å². The van der Waals surface area contributed by atoms with Crippen molar-refractivity contribution in [2.45, 2.75) is 5.92 Å². The molecule has 3 nitrogen and oxygen atoms in total. The second kappa shape index (κ2) is 3.40. The highest BCUT2D eigenvalue weighted by atomic mass is 19.3. The van der Waals surface area contributed by atoms with Crippen molar-refractivity contribution in [3.63, 3.8) is 0 Å². The molecule has 1 aliphatic rings. The van der Waals surface area contributed by atoms with Gasteiger partial charge in [0.05, 0.1) is 18.7 Å². The number of carbonyl (C=O) groups is 1. The summed E-state index contributed by atoms with van der Waals surface area (Å²) in [4.78, 5) is 12.5. The average molecular weight is 230 g/mol. The predicted molar refractivity (Wildman–Crippen MR) is 51.7 cm³/mol. The Morgan fingerprint density at radius 3 is 2.56 bits per heavy atom. The quantitative estimate of drug-likeness (QED) is 0.743. The normalized spacial score (nSPS) is 18.1. The number of nitrogens with two attached hydrogens (primary N) is 1. The molecule has 0 aliphatic carbocycles. The number of alkyl halides is 2. The maximum atomic E-state index is 13.2. The molecule has 1 heterocycles. The van der Waals surface area contributed by atoms with Crippen molar-refractivity contribution in [3.8, 4) is 0 Å². The predicted octanol–water partition coefficient (Wildman–Crippen LogP) is 1.50. The van der Waals surface area contributed by atoms with Crippen LogP contribution in [0.25, 0.3) is 0 Å². The fraction of sp³-hybridized carbons (Fsp3) is 0.300. The molecule has 0 atom stereocenters. The van der Waals surface area contributed by atoms with E-state index in [1.165, 1.54) is 6.07 Å². The Hall–Kier alpha value is -1.72. The molecule has 1 aliphatic heterocycles. The van der Waals surface area contributed by atoms with Crippen LogP contribution in [-0.4, -0.2) is 29.8 Å². The summed E-state index contributed by atoms with van der Waals surface area (Å²) in [6.45, 7) is -1.33. The van der Waals surface area contributed by atoms with Crippen LogP contribution in [-0.2, 0) is 0 Å². The number of halogens is 3. The molecule has 6 heteroatoms. The lowest BCUT2D eigenvalue weighted by atomic mass is 10.1. The summed E-state index contributed by atoms with van der Waals surface area (Å²) in [6.07, 6.45) is 0. The third kappa shape index (κ3) is 1.82. The van der Waals surface area contributed by atoms with E-state index in [-0.39, 0.29) is 11.3 Å². The summed E-state index contributed by atoms with van der Waals surface area (Å²) < 4.78 is 38.3. The Kier molecular flexibility index (Phi) is 2.29. The highest BCUT2D eigenvalue weighted by molar-refractivity contribution is 5.96. The van der Waals surface area contributed by atoms with E-state index in [2.05, 4.69) is 0 Å². The molecular weight excluding hydrogens is 221 g/mol. The van der Waals surface area contributed by atoms with Gasteiger partial charge in [-0.2, -0.15) is 0 Å². The first-order valence-electron chi connectivity index (χ1n) is 4.61. The number of anilines is 1. The highest BCUT2D eigenvalue weighted by Gasteiger charge is 2.46. The Labute approximate surface area is 89.6 Å². The van der Waals surface area contributed by atoms with E-state index >= 15 is 0 Å². The van der Waals surface area contributed by atoms with Crippen LogP contribution in [0, 0.1) is 5.82 Å². The number of hydrogen-bond donors (Lipinski definition) is 1. The van der Waals surface area contributed by atoms with Crippen molar-refractivity contribution in [1.82, 2.24) is 4.90 Å². The van der Waals surface area contributed by atoms with Crippen LogP contribution in [0.4, 0.5) is 18.9 Å². The lowest BCUT2D eigenvalue weighted by molar-refractivity contribution is -0.113. The van der Waals surface area contributed by atoms with Crippen LogP contribution in [0.2, 0.25) is 0 Å². The van der Waals surface area contributed by atoms with Crippen LogP contribution >= 0.6 is 0 Å². The number of benzene rings is 1. The van der Waals surface area contributed by atoms with Crippen molar-refractivity contribution >= 4 is 11.6 Å². The Balaban J connectivity index is 2.19. The second-order valence-corrected chi connectivity index (χ2v) is 3.76. The van der Waals surface area contributed by atoms with Gasteiger partial charge in [0.15, 0.2) is 0 Å². The van der Waals surface area contributed by atoms with E-state index < -0.39 is 30.7 Å². The fourth-order valence-electron chi connectivity index (χ4n) is 1.53. The van der Waals surface area contributed by atoms with Gasteiger partial charge in [0.1, 0.15) is 5.82 Å². The fourth-order valence-corrected chi connectivity index (χ4v) is 1.53. The van der Waals surface area contributed by atoms with Gasteiger partial charge in [0.2, 0.25) is 0 Å². The summed E-state index contributed by atoms with van der Waals surface area (Å²) >= 11 is 0. The maximum Gasteiger partial charge on any atom is 0.282 e. The smallest absolute Gasteiger partial charge is 0.282 e. The van der Waals surface area contributed by atoms with Crippen LogP contribution < -0.4 is 5.73 Å². The van der Waals surface area contributed by atoms with Gasteiger partial charge >= 0.3 is 0 Å². The number of hydrogen-bond acceptors (Lipinski definition) is 2. The van der Waals surface area contributed by atoms with E-state index in [0.29, 0.717) is 0 Å². The van der Waals surface area contributed by atoms with Crippen molar-refractivity contribution in [2.75, 3.05) is 18.8 Å². The van der Waals surface area contributed by atoms with Gasteiger partial charge in [-0.1, -0.05) is 0 Å². The Bertz CT molecular complexity index is 440. The third-order valence-electron chi connectivity index (χ3n) is 2.35. The van der Waals surface area contributed by atoms with E-state index in [1.807, 2.05) is 0 Å². The Morgan fingerprint density at radius 1 is 1.38 bits per heavy atom. The molecule has 0 saturated carbocycles. The monoisotopic (exact) mass is 230 g/mol.